The Morgan fingerprint density at radius 1 is 1.21 bits per heavy atom. The number of carboxylic acids is 1. The van der Waals surface area contributed by atoms with Gasteiger partial charge in [-0.25, -0.2) is 0 Å². The summed E-state index contributed by atoms with van der Waals surface area (Å²) >= 11 is 3.47. The Balaban J connectivity index is 1.83. The van der Waals surface area contributed by atoms with Crippen LogP contribution in [0.15, 0.2) is 40.9 Å². The molecule has 0 radical (unpaired) electrons. The number of carboxylic acid groups (broad SMARTS) is 1. The number of hydrogen-bond donors (Lipinski definition) is 1. The summed E-state index contributed by atoms with van der Waals surface area (Å²) in [5, 5.41) is 8.91. The first-order chi connectivity index (χ1) is 9.15. The minimum Gasteiger partial charge on any atom is -0.481 e. The van der Waals surface area contributed by atoms with Gasteiger partial charge in [-0.1, -0.05) is 40.2 Å². The molecule has 0 heterocycles. The van der Waals surface area contributed by atoms with Crippen LogP contribution in [0.4, 0.5) is 0 Å². The van der Waals surface area contributed by atoms with E-state index in [1.54, 1.807) is 0 Å². The Morgan fingerprint density at radius 2 is 1.89 bits per heavy atom. The van der Waals surface area contributed by atoms with Gasteiger partial charge in [0, 0.05) is 10.9 Å². The molecule has 0 saturated heterocycles. The van der Waals surface area contributed by atoms with Crippen molar-refractivity contribution in [2.75, 3.05) is 0 Å². The summed E-state index contributed by atoms with van der Waals surface area (Å²) in [6.45, 7) is 0. The molecular formula is C16H17BrO2. The molecule has 2 aliphatic carbocycles. The second-order valence-electron chi connectivity index (χ2n) is 5.62. The van der Waals surface area contributed by atoms with Crippen LogP contribution in [-0.2, 0) is 4.79 Å². The second-order valence-corrected chi connectivity index (χ2v) is 6.54. The third-order valence-electron chi connectivity index (χ3n) is 4.57. The standard InChI is InChI=1S/C16H17BrO2/c17-13-5-3-10(4-6-13)16-12-2-1-11(9-12)14(16)7-8-15(18)19/h1-6,11-12,14,16H,7-9H2,(H,18,19). The van der Waals surface area contributed by atoms with Gasteiger partial charge in [-0.05, 0) is 54.2 Å². The molecule has 3 heteroatoms. The van der Waals surface area contributed by atoms with Crippen LogP contribution < -0.4 is 0 Å². The normalized spacial score (nSPS) is 31.8. The highest BCUT2D eigenvalue weighted by molar-refractivity contribution is 9.10. The van der Waals surface area contributed by atoms with Gasteiger partial charge in [-0.15, -0.1) is 0 Å². The highest BCUT2D eigenvalue weighted by atomic mass is 79.9. The lowest BCUT2D eigenvalue weighted by molar-refractivity contribution is -0.137. The molecule has 3 rings (SSSR count). The summed E-state index contributed by atoms with van der Waals surface area (Å²) in [6.07, 6.45) is 6.91. The van der Waals surface area contributed by atoms with Gasteiger partial charge in [0.2, 0.25) is 0 Å². The van der Waals surface area contributed by atoms with Crippen molar-refractivity contribution in [3.8, 4) is 0 Å². The third-order valence-corrected chi connectivity index (χ3v) is 5.10. The van der Waals surface area contributed by atoms with Crippen LogP contribution in [-0.4, -0.2) is 11.1 Å². The fourth-order valence-electron chi connectivity index (χ4n) is 3.79. The van der Waals surface area contributed by atoms with Crippen molar-refractivity contribution in [3.05, 3.63) is 46.5 Å². The molecule has 100 valence electrons. The molecule has 2 bridgehead atoms. The van der Waals surface area contributed by atoms with E-state index in [1.165, 1.54) is 12.0 Å². The van der Waals surface area contributed by atoms with Gasteiger partial charge >= 0.3 is 5.97 Å². The van der Waals surface area contributed by atoms with Crippen LogP contribution in [0.2, 0.25) is 0 Å². The van der Waals surface area contributed by atoms with Crippen molar-refractivity contribution in [1.29, 1.82) is 0 Å². The minimum atomic E-state index is -0.679. The summed E-state index contributed by atoms with van der Waals surface area (Å²) in [4.78, 5) is 10.8. The number of hydrogen-bond acceptors (Lipinski definition) is 1. The summed E-state index contributed by atoms with van der Waals surface area (Å²) < 4.78 is 1.09. The number of carbonyl (C=O) groups is 1. The van der Waals surface area contributed by atoms with Crippen molar-refractivity contribution in [2.45, 2.75) is 25.2 Å². The van der Waals surface area contributed by atoms with Gasteiger partial charge in [0.05, 0.1) is 0 Å². The summed E-state index contributed by atoms with van der Waals surface area (Å²) in [6, 6.07) is 8.52. The van der Waals surface area contributed by atoms with Crippen LogP contribution in [0.3, 0.4) is 0 Å². The Hall–Kier alpha value is -1.09. The van der Waals surface area contributed by atoms with Crippen molar-refractivity contribution in [1.82, 2.24) is 0 Å². The lowest BCUT2D eigenvalue weighted by Gasteiger charge is -2.28. The van der Waals surface area contributed by atoms with Gasteiger partial charge in [0.1, 0.15) is 0 Å². The van der Waals surface area contributed by atoms with Crippen LogP contribution in [0.1, 0.15) is 30.7 Å². The zero-order valence-electron chi connectivity index (χ0n) is 10.6. The smallest absolute Gasteiger partial charge is 0.303 e. The summed E-state index contributed by atoms with van der Waals surface area (Å²) in [7, 11) is 0. The zero-order chi connectivity index (χ0) is 13.4. The fourth-order valence-corrected chi connectivity index (χ4v) is 4.05. The predicted molar refractivity (Wildman–Crippen MR) is 78.0 cm³/mol. The van der Waals surface area contributed by atoms with Gasteiger partial charge in [0.15, 0.2) is 0 Å². The molecule has 1 aromatic carbocycles. The molecule has 2 nitrogen and oxygen atoms in total. The van der Waals surface area contributed by atoms with E-state index < -0.39 is 5.97 Å². The first-order valence-electron chi connectivity index (χ1n) is 6.81. The third kappa shape index (κ3) is 2.48. The van der Waals surface area contributed by atoms with Crippen molar-refractivity contribution in [3.63, 3.8) is 0 Å². The zero-order valence-corrected chi connectivity index (χ0v) is 12.2. The molecule has 4 atom stereocenters. The average Bonchev–Trinajstić information content (AvgIpc) is 2.97. The van der Waals surface area contributed by atoms with Crippen LogP contribution in [0, 0.1) is 17.8 Å². The summed E-state index contributed by atoms with van der Waals surface area (Å²) in [5.41, 5.74) is 1.36. The van der Waals surface area contributed by atoms with E-state index >= 15 is 0 Å². The summed E-state index contributed by atoms with van der Waals surface area (Å²) in [5.74, 6) is 1.50. The highest BCUT2D eigenvalue weighted by Gasteiger charge is 2.44. The lowest BCUT2D eigenvalue weighted by Crippen LogP contribution is -2.19. The van der Waals surface area contributed by atoms with Crippen molar-refractivity contribution < 1.29 is 9.90 Å². The molecule has 19 heavy (non-hydrogen) atoms. The maximum atomic E-state index is 10.8. The first kappa shape index (κ1) is 12.9. The fraction of sp³-hybridized carbons (Fsp3) is 0.438. The predicted octanol–water partition coefficient (Wildman–Crippen LogP) is 4.22. The highest BCUT2D eigenvalue weighted by Crippen LogP contribution is 2.54. The van der Waals surface area contributed by atoms with E-state index in [9.17, 15) is 4.79 Å². The van der Waals surface area contributed by atoms with E-state index in [4.69, 9.17) is 5.11 Å². The molecule has 0 amide bonds. The number of benzene rings is 1. The molecule has 1 saturated carbocycles. The van der Waals surface area contributed by atoms with Gasteiger partial charge in [-0.3, -0.25) is 4.79 Å². The Kier molecular flexibility index (Phi) is 3.48. The molecule has 0 aliphatic heterocycles. The van der Waals surface area contributed by atoms with E-state index in [0.29, 0.717) is 23.7 Å². The van der Waals surface area contributed by atoms with Gasteiger partial charge in [-0.2, -0.15) is 0 Å². The van der Waals surface area contributed by atoms with E-state index in [-0.39, 0.29) is 6.42 Å². The molecular weight excluding hydrogens is 304 g/mol. The number of rotatable bonds is 4. The molecule has 0 aromatic heterocycles. The van der Waals surface area contributed by atoms with E-state index in [0.717, 1.165) is 10.9 Å². The largest absolute Gasteiger partial charge is 0.481 e. The molecule has 2 aliphatic rings. The minimum absolute atomic E-state index is 0.286. The Morgan fingerprint density at radius 3 is 2.58 bits per heavy atom. The Labute approximate surface area is 121 Å². The van der Waals surface area contributed by atoms with E-state index in [2.05, 4.69) is 52.3 Å². The number of halogens is 1. The molecule has 1 aromatic rings. The van der Waals surface area contributed by atoms with Crippen LogP contribution >= 0.6 is 15.9 Å². The van der Waals surface area contributed by atoms with Gasteiger partial charge in [0.25, 0.3) is 0 Å². The van der Waals surface area contributed by atoms with Crippen LogP contribution in [0.25, 0.3) is 0 Å². The Bertz CT molecular complexity index is 506. The van der Waals surface area contributed by atoms with Crippen LogP contribution in [0.5, 0.6) is 0 Å². The first-order valence-corrected chi connectivity index (χ1v) is 7.60. The second kappa shape index (κ2) is 5.12. The van der Waals surface area contributed by atoms with Crippen molar-refractivity contribution in [2.24, 2.45) is 17.8 Å². The van der Waals surface area contributed by atoms with E-state index in [1.807, 2.05) is 0 Å². The number of allylic oxidation sites excluding steroid dienone is 2. The monoisotopic (exact) mass is 320 g/mol. The van der Waals surface area contributed by atoms with Crippen molar-refractivity contribution >= 4 is 21.9 Å². The maximum absolute atomic E-state index is 10.8. The maximum Gasteiger partial charge on any atom is 0.303 e. The van der Waals surface area contributed by atoms with Gasteiger partial charge < -0.3 is 5.11 Å². The lowest BCUT2D eigenvalue weighted by atomic mass is 9.76. The SMILES string of the molecule is O=C(O)CCC1C2C=CC(C2)C1c1ccc(Br)cc1. The quantitative estimate of drug-likeness (QED) is 0.843. The number of fused-ring (bicyclic) bond motifs is 2. The number of aliphatic carboxylic acids is 1. The molecule has 1 fully saturated rings. The average molecular weight is 321 g/mol. The molecule has 1 N–H and O–H groups in total. The molecule has 4 unspecified atom stereocenters. The molecule has 0 spiro atoms. The topological polar surface area (TPSA) is 37.3 Å².